The molecule has 0 bridgehead atoms. The number of nitro benzene ring substituents is 1. The second kappa shape index (κ2) is 9.45. The van der Waals surface area contributed by atoms with Crippen LogP contribution >= 0.6 is 0 Å². The van der Waals surface area contributed by atoms with Crippen molar-refractivity contribution in [3.63, 3.8) is 0 Å². The van der Waals surface area contributed by atoms with Gasteiger partial charge in [-0.15, -0.1) is 0 Å². The van der Waals surface area contributed by atoms with Crippen LogP contribution in [-0.2, 0) is 22.5 Å². The first-order chi connectivity index (χ1) is 15.1. The molecule has 2 aromatic rings. The molecule has 2 heterocycles. The van der Waals surface area contributed by atoms with E-state index in [9.17, 15) is 14.9 Å². The highest BCUT2D eigenvalue weighted by Gasteiger charge is 2.41. The van der Waals surface area contributed by atoms with Crippen LogP contribution in [0.25, 0.3) is 0 Å². The summed E-state index contributed by atoms with van der Waals surface area (Å²) in [6, 6.07) is 15.4. The Labute approximate surface area is 181 Å². The molecular formula is C23H28N4O4. The molecular weight excluding hydrogens is 396 g/mol. The molecule has 2 aliphatic heterocycles. The van der Waals surface area contributed by atoms with Gasteiger partial charge in [-0.2, -0.15) is 0 Å². The van der Waals surface area contributed by atoms with Gasteiger partial charge in [0.15, 0.2) is 0 Å². The molecule has 31 heavy (non-hydrogen) atoms. The molecule has 1 N–H and O–H groups in total. The first kappa shape index (κ1) is 21.3. The highest BCUT2D eigenvalue weighted by atomic mass is 16.6. The molecule has 164 valence electrons. The Morgan fingerprint density at radius 1 is 1.23 bits per heavy atom. The lowest BCUT2D eigenvalue weighted by Crippen LogP contribution is -2.61. The van der Waals surface area contributed by atoms with Crippen LogP contribution in [0.1, 0.15) is 11.1 Å². The molecule has 8 heteroatoms. The number of nitrogens with zero attached hydrogens (tertiary/aromatic N) is 3. The van der Waals surface area contributed by atoms with Crippen molar-refractivity contribution in [2.24, 2.45) is 5.92 Å². The number of nitrogens with one attached hydrogen (secondary N) is 1. The van der Waals surface area contributed by atoms with E-state index in [0.717, 1.165) is 37.4 Å². The smallest absolute Gasteiger partial charge is 0.269 e. The van der Waals surface area contributed by atoms with Crippen LogP contribution in [0.4, 0.5) is 11.4 Å². The third kappa shape index (κ3) is 4.70. The van der Waals surface area contributed by atoms with Gasteiger partial charge < -0.3 is 15.0 Å². The Balaban J connectivity index is 1.58. The molecule has 2 aliphatic rings. The quantitative estimate of drug-likeness (QED) is 0.417. The van der Waals surface area contributed by atoms with E-state index in [0.29, 0.717) is 19.6 Å². The summed E-state index contributed by atoms with van der Waals surface area (Å²) in [6.45, 7) is 4.18. The van der Waals surface area contributed by atoms with Gasteiger partial charge in [-0.1, -0.05) is 30.3 Å². The number of hydrogen-bond acceptors (Lipinski definition) is 6. The summed E-state index contributed by atoms with van der Waals surface area (Å²) in [5.41, 5.74) is 3.20. The number of carbonyl (C=O) groups excluding carboxylic acids is 1. The van der Waals surface area contributed by atoms with Gasteiger partial charge in [0.1, 0.15) is 0 Å². The molecule has 1 saturated heterocycles. The minimum absolute atomic E-state index is 0.0222. The van der Waals surface area contributed by atoms with Crippen LogP contribution in [-0.4, -0.2) is 61.7 Å². The molecule has 1 fully saturated rings. The van der Waals surface area contributed by atoms with Gasteiger partial charge in [-0.25, -0.2) is 0 Å². The highest BCUT2D eigenvalue weighted by Crippen LogP contribution is 2.38. The lowest BCUT2D eigenvalue weighted by Gasteiger charge is -2.49. The standard InChI is InChI=1S/C23H28N4O4/c1-31-12-9-24-23(28)20-14-18-13-19(27(29)30)7-8-21(18)26-11-10-25(16-22(20)26)15-17-5-3-2-4-6-17/h2-8,13,20,22H,9-12,14-16H2,1H3,(H,24,28)/t20-,22+/m0/s1. The van der Waals surface area contributed by atoms with Gasteiger partial charge in [0.25, 0.3) is 5.69 Å². The first-order valence-electron chi connectivity index (χ1n) is 10.6. The minimum Gasteiger partial charge on any atom is -0.383 e. The Morgan fingerprint density at radius 3 is 2.77 bits per heavy atom. The number of fused-ring (bicyclic) bond motifs is 3. The van der Waals surface area contributed by atoms with Gasteiger partial charge in [0.05, 0.1) is 23.5 Å². The zero-order valence-electron chi connectivity index (χ0n) is 17.7. The number of nitro groups is 1. The van der Waals surface area contributed by atoms with Crippen molar-refractivity contribution in [1.82, 2.24) is 10.2 Å². The summed E-state index contributed by atoms with van der Waals surface area (Å²) in [6.07, 6.45) is 0.496. The Bertz CT molecular complexity index is 936. The van der Waals surface area contributed by atoms with Crippen molar-refractivity contribution >= 4 is 17.3 Å². The number of benzene rings is 2. The average Bonchev–Trinajstić information content (AvgIpc) is 2.78. The largest absolute Gasteiger partial charge is 0.383 e. The fourth-order valence-corrected chi connectivity index (χ4v) is 4.68. The molecule has 0 aliphatic carbocycles. The van der Waals surface area contributed by atoms with E-state index in [1.54, 1.807) is 19.2 Å². The highest BCUT2D eigenvalue weighted by molar-refractivity contribution is 5.82. The molecule has 0 aromatic heterocycles. The maximum absolute atomic E-state index is 13.1. The topological polar surface area (TPSA) is 87.9 Å². The fourth-order valence-electron chi connectivity index (χ4n) is 4.68. The number of piperazine rings is 1. The minimum atomic E-state index is -0.377. The summed E-state index contributed by atoms with van der Waals surface area (Å²) in [7, 11) is 1.60. The number of carbonyl (C=O) groups is 1. The number of ether oxygens (including phenoxy) is 1. The van der Waals surface area contributed by atoms with Crippen molar-refractivity contribution in [1.29, 1.82) is 0 Å². The predicted molar refractivity (Wildman–Crippen MR) is 118 cm³/mol. The SMILES string of the molecule is COCCNC(=O)[C@H]1Cc2cc([N+](=O)[O-])ccc2N2CCN(Cc3ccccc3)C[C@H]12. The maximum atomic E-state index is 13.1. The van der Waals surface area contributed by atoms with Crippen molar-refractivity contribution in [2.45, 2.75) is 19.0 Å². The number of methoxy groups -OCH3 is 1. The van der Waals surface area contributed by atoms with E-state index in [4.69, 9.17) is 4.74 Å². The fraction of sp³-hybridized carbons (Fsp3) is 0.435. The normalized spacial score (nSPS) is 20.6. The van der Waals surface area contributed by atoms with Crippen molar-refractivity contribution in [3.8, 4) is 0 Å². The van der Waals surface area contributed by atoms with Gasteiger partial charge in [-0.3, -0.25) is 19.8 Å². The number of non-ortho nitro benzene ring substituents is 1. The second-order valence-corrected chi connectivity index (χ2v) is 8.15. The molecule has 1 amide bonds. The third-order valence-corrected chi connectivity index (χ3v) is 6.18. The van der Waals surface area contributed by atoms with E-state index in [-0.39, 0.29) is 28.5 Å². The number of anilines is 1. The lowest BCUT2D eigenvalue weighted by atomic mass is 9.83. The van der Waals surface area contributed by atoms with Crippen LogP contribution in [0.15, 0.2) is 48.5 Å². The van der Waals surface area contributed by atoms with Gasteiger partial charge in [0, 0.05) is 57.7 Å². The Hall–Kier alpha value is -2.97. The molecule has 0 spiro atoms. The molecule has 2 atom stereocenters. The molecule has 0 radical (unpaired) electrons. The monoisotopic (exact) mass is 424 g/mol. The summed E-state index contributed by atoms with van der Waals surface area (Å²) >= 11 is 0. The molecule has 0 unspecified atom stereocenters. The number of amides is 1. The summed E-state index contributed by atoms with van der Waals surface area (Å²) in [5.74, 6) is -0.296. The van der Waals surface area contributed by atoms with Gasteiger partial charge in [-0.05, 0) is 23.6 Å². The van der Waals surface area contributed by atoms with Crippen LogP contribution in [0.2, 0.25) is 0 Å². The zero-order chi connectivity index (χ0) is 21.8. The van der Waals surface area contributed by atoms with E-state index in [1.807, 2.05) is 24.3 Å². The zero-order valence-corrected chi connectivity index (χ0v) is 17.7. The average molecular weight is 425 g/mol. The first-order valence-corrected chi connectivity index (χ1v) is 10.6. The van der Waals surface area contributed by atoms with Gasteiger partial charge >= 0.3 is 0 Å². The number of rotatable bonds is 7. The van der Waals surface area contributed by atoms with Crippen molar-refractivity contribution in [3.05, 3.63) is 69.8 Å². The third-order valence-electron chi connectivity index (χ3n) is 6.18. The molecule has 4 rings (SSSR count). The predicted octanol–water partition coefficient (Wildman–Crippen LogP) is 2.22. The molecule has 2 aromatic carbocycles. The molecule has 0 saturated carbocycles. The van der Waals surface area contributed by atoms with Crippen LogP contribution in [0.3, 0.4) is 0 Å². The van der Waals surface area contributed by atoms with Crippen LogP contribution in [0.5, 0.6) is 0 Å². The number of hydrogen-bond donors (Lipinski definition) is 1. The van der Waals surface area contributed by atoms with Crippen LogP contribution < -0.4 is 10.2 Å². The van der Waals surface area contributed by atoms with E-state index >= 15 is 0 Å². The van der Waals surface area contributed by atoms with Gasteiger partial charge in [0.2, 0.25) is 5.91 Å². The van der Waals surface area contributed by atoms with Crippen molar-refractivity contribution < 1.29 is 14.5 Å². The summed E-state index contributed by atoms with van der Waals surface area (Å²) in [4.78, 5) is 28.6. The summed E-state index contributed by atoms with van der Waals surface area (Å²) < 4.78 is 5.06. The van der Waals surface area contributed by atoms with E-state index in [2.05, 4.69) is 27.2 Å². The Morgan fingerprint density at radius 2 is 2.03 bits per heavy atom. The molecule has 8 nitrogen and oxygen atoms in total. The maximum Gasteiger partial charge on any atom is 0.269 e. The van der Waals surface area contributed by atoms with Crippen LogP contribution in [0, 0.1) is 16.0 Å². The second-order valence-electron chi connectivity index (χ2n) is 8.15. The lowest BCUT2D eigenvalue weighted by molar-refractivity contribution is -0.384. The Kier molecular flexibility index (Phi) is 6.48. The van der Waals surface area contributed by atoms with E-state index < -0.39 is 0 Å². The van der Waals surface area contributed by atoms with Crippen molar-refractivity contribution in [2.75, 3.05) is 44.8 Å². The summed E-state index contributed by atoms with van der Waals surface area (Å²) in [5, 5.41) is 14.2. The van der Waals surface area contributed by atoms with E-state index in [1.165, 1.54) is 5.56 Å².